The van der Waals surface area contributed by atoms with E-state index in [1.165, 1.54) is 34.7 Å². The summed E-state index contributed by atoms with van der Waals surface area (Å²) >= 11 is 3.06. The second-order valence-electron chi connectivity index (χ2n) is 12.1. The third-order valence-electron chi connectivity index (χ3n) is 5.69. The number of nitrogens with zero attached hydrogens (tertiary/aromatic N) is 2. The molecular formula is C30H40N4O2S2. The molecule has 2 aromatic rings. The summed E-state index contributed by atoms with van der Waals surface area (Å²) in [5.74, 6) is 0.0914. The number of thioether (sulfide) groups is 2. The minimum atomic E-state index is -0.467. The number of rotatable bonds is 4. The lowest BCUT2D eigenvalue weighted by Gasteiger charge is -2.18. The van der Waals surface area contributed by atoms with Crippen LogP contribution in [0, 0.1) is 0 Å². The van der Waals surface area contributed by atoms with Gasteiger partial charge in [-0.2, -0.15) is 0 Å². The molecular weight excluding hydrogens is 512 g/mol. The number of benzene rings is 2. The lowest BCUT2D eigenvalue weighted by molar-refractivity contribution is -0.121. The van der Waals surface area contributed by atoms with Crippen molar-refractivity contribution in [1.82, 2.24) is 10.6 Å². The lowest BCUT2D eigenvalue weighted by Crippen LogP contribution is -2.35. The summed E-state index contributed by atoms with van der Waals surface area (Å²) in [6, 6.07) is 20.2. The van der Waals surface area contributed by atoms with Gasteiger partial charge in [0.15, 0.2) is 10.3 Å². The number of nitrogens with one attached hydrogen (secondary N) is 2. The fraction of sp³-hybridized carbons (Fsp3) is 0.467. The summed E-state index contributed by atoms with van der Waals surface area (Å²) in [7, 11) is 0. The predicted molar refractivity (Wildman–Crippen MR) is 163 cm³/mol. The Kier molecular flexibility index (Phi) is 9.20. The maximum absolute atomic E-state index is 12.2. The van der Waals surface area contributed by atoms with Crippen LogP contribution >= 0.6 is 23.5 Å². The molecule has 2 aliphatic rings. The number of carbonyl (C=O) groups excluding carboxylic acids is 2. The van der Waals surface area contributed by atoms with Gasteiger partial charge >= 0.3 is 0 Å². The quantitative estimate of drug-likeness (QED) is 0.487. The van der Waals surface area contributed by atoms with Crippen molar-refractivity contribution >= 4 is 45.7 Å². The molecule has 2 fully saturated rings. The second kappa shape index (κ2) is 11.7. The van der Waals surface area contributed by atoms with E-state index in [1.807, 2.05) is 91.8 Å². The van der Waals surface area contributed by atoms with Crippen molar-refractivity contribution in [3.05, 3.63) is 71.8 Å². The summed E-state index contributed by atoms with van der Waals surface area (Å²) in [6.45, 7) is 16.1. The van der Waals surface area contributed by atoms with Crippen LogP contribution in [0.5, 0.6) is 0 Å². The minimum Gasteiger partial charge on any atom is -0.304 e. The largest absolute Gasteiger partial charge is 0.304 e. The average molecular weight is 553 g/mol. The Hall–Kier alpha value is -2.58. The maximum atomic E-state index is 12.2. The number of hydrogen-bond acceptors (Lipinski definition) is 6. The smallest absolute Gasteiger partial charge is 0.242 e. The van der Waals surface area contributed by atoms with Crippen molar-refractivity contribution in [1.29, 1.82) is 0 Å². The molecule has 2 N–H and O–H groups in total. The minimum absolute atomic E-state index is 0.0457. The third kappa shape index (κ3) is 8.73. The highest BCUT2D eigenvalue weighted by atomic mass is 32.2. The van der Waals surface area contributed by atoms with E-state index in [1.54, 1.807) is 0 Å². The Morgan fingerprint density at radius 1 is 0.632 bits per heavy atom. The van der Waals surface area contributed by atoms with Crippen molar-refractivity contribution in [2.45, 2.75) is 88.8 Å². The van der Waals surface area contributed by atoms with Crippen LogP contribution in [0.2, 0.25) is 0 Å². The van der Waals surface area contributed by atoms with Gasteiger partial charge in [-0.15, -0.1) is 0 Å². The molecule has 204 valence electrons. The van der Waals surface area contributed by atoms with Crippen LogP contribution in [0.3, 0.4) is 0 Å². The van der Waals surface area contributed by atoms with Crippen LogP contribution in [-0.4, -0.2) is 42.7 Å². The van der Waals surface area contributed by atoms with Crippen molar-refractivity contribution in [3.63, 3.8) is 0 Å². The average Bonchev–Trinajstić information content (AvgIpc) is 3.20. The van der Waals surface area contributed by atoms with Gasteiger partial charge in [0.25, 0.3) is 0 Å². The summed E-state index contributed by atoms with van der Waals surface area (Å²) in [5.41, 5.74) is 2.00. The molecule has 0 bridgehead atoms. The Bertz CT molecular complexity index is 1100. The molecule has 6 nitrogen and oxygen atoms in total. The van der Waals surface area contributed by atoms with E-state index in [0.717, 1.165) is 10.3 Å². The molecule has 2 heterocycles. The van der Waals surface area contributed by atoms with Crippen LogP contribution in [0.25, 0.3) is 0 Å². The summed E-state index contributed by atoms with van der Waals surface area (Å²) < 4.78 is -0.934. The van der Waals surface area contributed by atoms with Gasteiger partial charge < -0.3 is 10.6 Å². The molecule has 2 aromatic carbocycles. The lowest BCUT2D eigenvalue weighted by atomic mass is 9.99. The van der Waals surface area contributed by atoms with Gasteiger partial charge in [0.1, 0.15) is 9.49 Å². The fourth-order valence-electron chi connectivity index (χ4n) is 3.94. The number of carbonyl (C=O) groups is 2. The zero-order valence-corrected chi connectivity index (χ0v) is 25.3. The highest BCUT2D eigenvalue weighted by molar-refractivity contribution is 8.16. The topological polar surface area (TPSA) is 82.9 Å². The molecule has 0 unspecified atom stereocenters. The van der Waals surface area contributed by atoms with Gasteiger partial charge in [-0.05, 0) is 79.4 Å². The Balaban J connectivity index is 0.000000211. The second-order valence-corrected chi connectivity index (χ2v) is 15.1. The Labute approximate surface area is 236 Å². The van der Waals surface area contributed by atoms with Gasteiger partial charge in [0, 0.05) is 0 Å². The van der Waals surface area contributed by atoms with E-state index in [2.05, 4.69) is 44.9 Å². The predicted octanol–water partition coefficient (Wildman–Crippen LogP) is 6.01. The molecule has 38 heavy (non-hydrogen) atoms. The monoisotopic (exact) mass is 552 g/mol. The van der Waals surface area contributed by atoms with E-state index in [9.17, 15) is 9.59 Å². The zero-order valence-electron chi connectivity index (χ0n) is 23.7. The summed E-state index contributed by atoms with van der Waals surface area (Å²) in [4.78, 5) is 33.5. The number of amidine groups is 2. The molecule has 0 saturated carbocycles. The maximum Gasteiger partial charge on any atom is 0.242 e. The first kappa shape index (κ1) is 30.0. The molecule has 2 amide bonds. The van der Waals surface area contributed by atoms with E-state index >= 15 is 0 Å². The Morgan fingerprint density at radius 2 is 0.947 bits per heavy atom. The zero-order chi connectivity index (χ0) is 28.2. The van der Waals surface area contributed by atoms with Crippen molar-refractivity contribution in [2.75, 3.05) is 0 Å². The van der Waals surface area contributed by atoms with Crippen molar-refractivity contribution in [3.8, 4) is 0 Å². The van der Waals surface area contributed by atoms with Gasteiger partial charge in [0.05, 0.1) is 11.1 Å². The first-order chi connectivity index (χ1) is 17.6. The fourth-order valence-corrected chi connectivity index (χ4v) is 6.49. The molecule has 2 atom stereocenters. The molecule has 0 aliphatic carbocycles. The first-order valence-corrected chi connectivity index (χ1v) is 14.5. The van der Waals surface area contributed by atoms with Crippen LogP contribution in [0.15, 0.2) is 70.6 Å². The van der Waals surface area contributed by atoms with E-state index in [-0.39, 0.29) is 22.9 Å². The van der Waals surface area contributed by atoms with Crippen molar-refractivity contribution < 1.29 is 9.59 Å². The first-order valence-electron chi connectivity index (χ1n) is 12.9. The van der Waals surface area contributed by atoms with Crippen molar-refractivity contribution in [2.24, 2.45) is 9.98 Å². The molecule has 0 spiro atoms. The number of hydrogen-bond donors (Lipinski definition) is 2. The van der Waals surface area contributed by atoms with Crippen LogP contribution in [0.1, 0.15) is 66.5 Å². The SMILES string of the molecule is CC(C)(C)N=C1NC(=O)[C@@](C)(Cc2ccccc2)S1.CC(C)(C)N=C1NC(=O)[C@](C)(Cc2ccccc2)S1. The van der Waals surface area contributed by atoms with Crippen LogP contribution in [0.4, 0.5) is 0 Å². The van der Waals surface area contributed by atoms with Gasteiger partial charge in [-0.3, -0.25) is 19.6 Å². The number of aliphatic imine (C=N–C) groups is 2. The van der Waals surface area contributed by atoms with E-state index in [4.69, 9.17) is 0 Å². The van der Waals surface area contributed by atoms with E-state index in [0.29, 0.717) is 12.8 Å². The molecule has 2 saturated heterocycles. The van der Waals surface area contributed by atoms with Gasteiger partial charge in [0.2, 0.25) is 11.8 Å². The normalized spacial score (nSPS) is 25.7. The Morgan fingerprint density at radius 3 is 1.24 bits per heavy atom. The molecule has 4 rings (SSSR count). The van der Waals surface area contributed by atoms with Gasteiger partial charge in [-0.1, -0.05) is 84.2 Å². The number of amides is 2. The molecule has 8 heteroatoms. The van der Waals surface area contributed by atoms with Gasteiger partial charge in [-0.25, -0.2) is 0 Å². The third-order valence-corrected chi connectivity index (χ3v) is 8.02. The molecule has 0 aromatic heterocycles. The highest BCUT2D eigenvalue weighted by Crippen LogP contribution is 2.36. The molecule has 2 aliphatic heterocycles. The van der Waals surface area contributed by atoms with E-state index < -0.39 is 9.49 Å². The summed E-state index contributed by atoms with van der Waals surface area (Å²) in [5, 5.41) is 7.26. The van der Waals surface area contributed by atoms with Crippen LogP contribution in [-0.2, 0) is 22.4 Å². The summed E-state index contributed by atoms with van der Waals surface area (Å²) in [6.07, 6.45) is 1.43. The van der Waals surface area contributed by atoms with Crippen LogP contribution < -0.4 is 10.6 Å². The standard InChI is InChI=1S/2C15H20N2OS/c2*1-14(2,3)17-13-16-12(18)15(4,19-13)10-11-8-6-5-7-9-11/h2*5-9H,10H2,1-4H3,(H,16,17,18)/t2*15-/m10/s1. The highest BCUT2D eigenvalue weighted by Gasteiger charge is 2.43. The molecule has 0 radical (unpaired) electrons.